The van der Waals surface area contributed by atoms with Gasteiger partial charge in [0.25, 0.3) is 0 Å². The second kappa shape index (κ2) is 6.21. The molecule has 1 heterocycles. The highest BCUT2D eigenvalue weighted by molar-refractivity contribution is 5.89. The number of cyclic esters (lactones) is 1. The minimum absolute atomic E-state index is 0.0338. The van der Waals surface area contributed by atoms with Gasteiger partial charge in [0.05, 0.1) is 17.8 Å². The number of aliphatic hydroxyl groups excluding tert-OH is 3. The van der Waals surface area contributed by atoms with Gasteiger partial charge in [0.2, 0.25) is 5.76 Å². The molecule has 0 aromatic heterocycles. The van der Waals surface area contributed by atoms with E-state index in [1.165, 1.54) is 0 Å². The first-order valence-electron chi connectivity index (χ1n) is 11.3. The quantitative estimate of drug-likeness (QED) is 0.499. The van der Waals surface area contributed by atoms with Crippen LogP contribution in [0.2, 0.25) is 0 Å². The zero-order valence-electron chi connectivity index (χ0n) is 17.4. The van der Waals surface area contributed by atoms with Crippen molar-refractivity contribution in [3.05, 3.63) is 11.3 Å². The van der Waals surface area contributed by atoms with E-state index in [1.807, 2.05) is 6.92 Å². The first kappa shape index (κ1) is 19.8. The lowest BCUT2D eigenvalue weighted by Crippen LogP contribution is -2.67. The van der Waals surface area contributed by atoms with Crippen LogP contribution in [0.4, 0.5) is 0 Å². The number of carbonyl (C=O) groups excluding carboxylic acids is 1. The molecule has 5 rings (SSSR count). The maximum Gasteiger partial charge on any atom is 0.373 e. The Hall–Kier alpha value is -1.11. The van der Waals surface area contributed by atoms with Gasteiger partial charge in [-0.1, -0.05) is 13.8 Å². The first-order chi connectivity index (χ1) is 13.6. The average Bonchev–Trinajstić information content (AvgIpc) is 3.15. The summed E-state index contributed by atoms with van der Waals surface area (Å²) in [4.78, 5) is 11.7. The molecular weight excluding hydrogens is 372 g/mol. The van der Waals surface area contributed by atoms with E-state index in [0.717, 1.165) is 32.1 Å². The molecule has 6 heteroatoms. The SMILES string of the molecule is C[C@]12CC[C@H](O)C[C@H]1CC[C@@H]1[C@@H]2C[C@@H](O)[C@]2(C)[C@@H](C3=C(O)C(=O)OC3)CC[C@]12O. The average molecular weight is 407 g/mol. The summed E-state index contributed by atoms with van der Waals surface area (Å²) in [5, 5.41) is 44.0. The van der Waals surface area contributed by atoms with Gasteiger partial charge in [-0.15, -0.1) is 0 Å². The molecule has 29 heavy (non-hydrogen) atoms. The molecule has 1 aliphatic heterocycles. The molecule has 6 nitrogen and oxygen atoms in total. The molecule has 0 amide bonds. The predicted molar refractivity (Wildman–Crippen MR) is 105 cm³/mol. The standard InChI is InChI=1S/C23H34O6/c1-21-7-5-13(24)9-12(21)3-4-16-17(21)10-18(25)22(2)15(6-8-23(16,22)28)14-11-29-20(27)19(14)26/h12-13,15-18,24-26,28H,3-11H2,1-2H3/t12-,13+,15-,16-,17+,18-,21+,22+,23+/m1/s1. The fourth-order valence-corrected chi connectivity index (χ4v) is 8.42. The minimum atomic E-state index is -1.02. The van der Waals surface area contributed by atoms with E-state index in [2.05, 4.69) is 6.92 Å². The largest absolute Gasteiger partial charge is 0.502 e. The molecule has 0 aromatic rings. The summed E-state index contributed by atoms with van der Waals surface area (Å²) >= 11 is 0. The lowest BCUT2D eigenvalue weighted by molar-refractivity contribution is -0.245. The maximum absolute atomic E-state index is 12.1. The van der Waals surface area contributed by atoms with Crippen LogP contribution in [0.5, 0.6) is 0 Å². The minimum Gasteiger partial charge on any atom is -0.502 e. The Morgan fingerprint density at radius 1 is 1.00 bits per heavy atom. The molecular formula is C23H34O6. The Morgan fingerprint density at radius 2 is 1.76 bits per heavy atom. The Balaban J connectivity index is 1.53. The van der Waals surface area contributed by atoms with Crippen molar-refractivity contribution >= 4 is 5.97 Å². The molecule has 4 aliphatic carbocycles. The second-order valence-corrected chi connectivity index (χ2v) is 10.9. The van der Waals surface area contributed by atoms with E-state index in [-0.39, 0.29) is 41.6 Å². The lowest BCUT2D eigenvalue weighted by Gasteiger charge is -2.64. The van der Waals surface area contributed by atoms with Crippen LogP contribution >= 0.6 is 0 Å². The highest BCUT2D eigenvalue weighted by Crippen LogP contribution is 2.70. The van der Waals surface area contributed by atoms with Crippen molar-refractivity contribution in [1.29, 1.82) is 0 Å². The highest BCUT2D eigenvalue weighted by atomic mass is 16.6. The second-order valence-electron chi connectivity index (χ2n) is 10.9. The van der Waals surface area contributed by atoms with Crippen molar-refractivity contribution in [3.63, 3.8) is 0 Å². The van der Waals surface area contributed by atoms with Gasteiger partial charge in [0.1, 0.15) is 6.61 Å². The number of aliphatic hydroxyl groups is 4. The van der Waals surface area contributed by atoms with Crippen LogP contribution in [-0.2, 0) is 9.53 Å². The number of ether oxygens (including phenoxy) is 1. The van der Waals surface area contributed by atoms with Crippen LogP contribution in [0.25, 0.3) is 0 Å². The van der Waals surface area contributed by atoms with Crippen LogP contribution < -0.4 is 0 Å². The smallest absolute Gasteiger partial charge is 0.373 e. The first-order valence-corrected chi connectivity index (χ1v) is 11.3. The third-order valence-corrected chi connectivity index (χ3v) is 10.2. The molecule has 0 spiro atoms. The van der Waals surface area contributed by atoms with Crippen LogP contribution in [0, 0.1) is 34.5 Å². The monoisotopic (exact) mass is 406 g/mol. The molecule has 162 valence electrons. The summed E-state index contributed by atoms with van der Waals surface area (Å²) in [5.41, 5.74) is -1.25. The topological polar surface area (TPSA) is 107 Å². The fraction of sp³-hybridized carbons (Fsp3) is 0.870. The molecule has 4 N–H and O–H groups in total. The number of rotatable bonds is 1. The van der Waals surface area contributed by atoms with Crippen LogP contribution in [-0.4, -0.2) is 50.8 Å². The maximum atomic E-state index is 12.1. The van der Waals surface area contributed by atoms with Crippen LogP contribution in [0.1, 0.15) is 65.2 Å². The van der Waals surface area contributed by atoms with Crippen molar-refractivity contribution in [2.45, 2.75) is 83.0 Å². The summed E-state index contributed by atoms with van der Waals surface area (Å²) < 4.78 is 5.04. The van der Waals surface area contributed by atoms with Gasteiger partial charge in [-0.3, -0.25) is 0 Å². The molecule has 5 aliphatic rings. The molecule has 9 atom stereocenters. The molecule has 0 radical (unpaired) electrons. The summed E-state index contributed by atoms with van der Waals surface area (Å²) in [6.07, 6.45) is 5.38. The molecule has 0 unspecified atom stereocenters. The Bertz CT molecular complexity index is 762. The summed E-state index contributed by atoms with van der Waals surface area (Å²) in [6, 6.07) is 0. The van der Waals surface area contributed by atoms with Crippen LogP contribution in [0.15, 0.2) is 11.3 Å². The van der Waals surface area contributed by atoms with Crippen LogP contribution in [0.3, 0.4) is 0 Å². The van der Waals surface area contributed by atoms with E-state index in [9.17, 15) is 25.2 Å². The van der Waals surface area contributed by atoms with Gasteiger partial charge in [-0.25, -0.2) is 4.79 Å². The predicted octanol–water partition coefficient (Wildman–Crippen LogP) is 2.46. The van der Waals surface area contributed by atoms with Crippen molar-refractivity contribution in [2.75, 3.05) is 6.61 Å². The van der Waals surface area contributed by atoms with E-state index < -0.39 is 23.1 Å². The summed E-state index contributed by atoms with van der Waals surface area (Å²) in [7, 11) is 0. The summed E-state index contributed by atoms with van der Waals surface area (Å²) in [5.74, 6) is -0.517. The van der Waals surface area contributed by atoms with E-state index in [0.29, 0.717) is 30.8 Å². The van der Waals surface area contributed by atoms with Gasteiger partial charge >= 0.3 is 5.97 Å². The number of esters is 1. The molecule has 0 saturated heterocycles. The zero-order chi connectivity index (χ0) is 20.8. The highest BCUT2D eigenvalue weighted by Gasteiger charge is 2.71. The Morgan fingerprint density at radius 3 is 2.45 bits per heavy atom. The third-order valence-electron chi connectivity index (χ3n) is 10.2. The van der Waals surface area contributed by atoms with E-state index in [4.69, 9.17) is 4.74 Å². The number of carbonyl (C=O) groups is 1. The normalized spacial score (nSPS) is 54.6. The van der Waals surface area contributed by atoms with E-state index >= 15 is 0 Å². The Kier molecular flexibility index (Phi) is 4.24. The molecule has 0 bridgehead atoms. The third kappa shape index (κ3) is 2.37. The van der Waals surface area contributed by atoms with Gasteiger partial charge in [-0.2, -0.15) is 0 Å². The van der Waals surface area contributed by atoms with Gasteiger partial charge in [-0.05, 0) is 80.5 Å². The van der Waals surface area contributed by atoms with Crippen molar-refractivity contribution < 1.29 is 30.0 Å². The zero-order valence-corrected chi connectivity index (χ0v) is 17.4. The number of hydrogen-bond acceptors (Lipinski definition) is 6. The number of hydrogen-bond donors (Lipinski definition) is 4. The van der Waals surface area contributed by atoms with E-state index in [1.54, 1.807) is 0 Å². The molecule has 4 saturated carbocycles. The Labute approximate surface area is 172 Å². The van der Waals surface area contributed by atoms with Crippen molar-refractivity contribution in [3.8, 4) is 0 Å². The fourth-order valence-electron chi connectivity index (χ4n) is 8.42. The summed E-state index contributed by atoms with van der Waals surface area (Å²) in [6.45, 7) is 4.32. The van der Waals surface area contributed by atoms with Gasteiger partial charge < -0.3 is 25.2 Å². The van der Waals surface area contributed by atoms with Crippen molar-refractivity contribution in [2.24, 2.45) is 34.5 Å². The van der Waals surface area contributed by atoms with Gasteiger partial charge in [0.15, 0.2) is 0 Å². The van der Waals surface area contributed by atoms with Crippen molar-refractivity contribution in [1.82, 2.24) is 0 Å². The molecule has 4 fully saturated rings. The lowest BCUT2D eigenvalue weighted by atomic mass is 9.42. The molecule has 0 aromatic carbocycles. The van der Waals surface area contributed by atoms with Gasteiger partial charge in [0, 0.05) is 11.0 Å². The number of fused-ring (bicyclic) bond motifs is 5.